The molecule has 1 amide bonds. The quantitative estimate of drug-likeness (QED) is 0.798. The van der Waals surface area contributed by atoms with Crippen LogP contribution in [-0.4, -0.2) is 17.9 Å². The molecule has 0 aromatic carbocycles. The molecule has 0 unspecified atom stereocenters. The van der Waals surface area contributed by atoms with E-state index in [0.717, 1.165) is 17.9 Å². The predicted molar refractivity (Wildman–Crippen MR) is 77.1 cm³/mol. The lowest BCUT2D eigenvalue weighted by molar-refractivity contribution is 0.0791. The zero-order valence-electron chi connectivity index (χ0n) is 8.94. The van der Waals surface area contributed by atoms with Gasteiger partial charge in [-0.05, 0) is 40.2 Å². The van der Waals surface area contributed by atoms with Crippen LogP contribution in [0.15, 0.2) is 28.1 Å². The van der Waals surface area contributed by atoms with Gasteiger partial charge in [0, 0.05) is 11.9 Å². The van der Waals surface area contributed by atoms with Crippen LogP contribution >= 0.6 is 50.2 Å². The van der Waals surface area contributed by atoms with E-state index >= 15 is 0 Å². The van der Waals surface area contributed by atoms with Gasteiger partial charge in [0.2, 0.25) is 0 Å². The van der Waals surface area contributed by atoms with E-state index in [1.165, 1.54) is 22.7 Å². The molecule has 0 saturated heterocycles. The van der Waals surface area contributed by atoms with Crippen LogP contribution in [0.2, 0.25) is 4.34 Å². The molecule has 6 heteroatoms. The Kier molecular flexibility index (Phi) is 4.25. The summed E-state index contributed by atoms with van der Waals surface area (Å²) in [6.07, 6.45) is 0. The van der Waals surface area contributed by atoms with Crippen molar-refractivity contribution < 1.29 is 4.79 Å². The summed E-state index contributed by atoms with van der Waals surface area (Å²) >= 11 is 12.1. The molecule has 0 atom stereocenters. The van der Waals surface area contributed by atoms with Gasteiger partial charge in [-0.15, -0.1) is 22.7 Å². The fraction of sp³-hybridized carbons (Fsp3) is 0.182. The highest BCUT2D eigenvalue weighted by atomic mass is 79.9. The van der Waals surface area contributed by atoms with Gasteiger partial charge >= 0.3 is 0 Å². The molecule has 0 aliphatic heterocycles. The van der Waals surface area contributed by atoms with Crippen molar-refractivity contribution in [1.82, 2.24) is 4.90 Å². The average molecular weight is 351 g/mol. The summed E-state index contributed by atoms with van der Waals surface area (Å²) in [5.41, 5.74) is 0. The van der Waals surface area contributed by atoms with Crippen LogP contribution in [-0.2, 0) is 6.54 Å². The predicted octanol–water partition coefficient (Wildman–Crippen LogP) is 4.50. The number of carbonyl (C=O) groups excluding carboxylic acids is 1. The normalized spacial score (nSPS) is 10.5. The van der Waals surface area contributed by atoms with E-state index in [0.29, 0.717) is 6.54 Å². The van der Waals surface area contributed by atoms with Gasteiger partial charge in [0.15, 0.2) is 0 Å². The molecule has 0 fully saturated rings. The Morgan fingerprint density at radius 2 is 2.12 bits per heavy atom. The topological polar surface area (TPSA) is 20.3 Å². The summed E-state index contributed by atoms with van der Waals surface area (Å²) in [5, 5.41) is 0. The third-order valence-corrected chi connectivity index (χ3v) is 4.98. The standard InChI is InChI=1S/C11H9BrClNOS2/c1-14(6-7-2-5-10(13)16-7)11(15)8-3-4-9(12)17-8/h2-5H,6H2,1H3. The second kappa shape index (κ2) is 5.52. The van der Waals surface area contributed by atoms with E-state index in [-0.39, 0.29) is 5.91 Å². The van der Waals surface area contributed by atoms with Crippen LogP contribution in [0.25, 0.3) is 0 Å². The first-order valence-corrected chi connectivity index (χ1v) is 7.61. The number of rotatable bonds is 3. The van der Waals surface area contributed by atoms with Crippen LogP contribution < -0.4 is 0 Å². The number of hydrogen-bond acceptors (Lipinski definition) is 3. The molecule has 0 bridgehead atoms. The summed E-state index contributed by atoms with van der Waals surface area (Å²) in [6, 6.07) is 7.51. The highest BCUT2D eigenvalue weighted by Gasteiger charge is 2.14. The van der Waals surface area contributed by atoms with Crippen LogP contribution in [0.5, 0.6) is 0 Å². The molecule has 0 aliphatic rings. The average Bonchev–Trinajstić information content (AvgIpc) is 2.87. The molecule has 2 heterocycles. The molecular formula is C11H9BrClNOS2. The largest absolute Gasteiger partial charge is 0.336 e. The number of amides is 1. The van der Waals surface area contributed by atoms with E-state index in [9.17, 15) is 4.79 Å². The van der Waals surface area contributed by atoms with Crippen molar-refractivity contribution in [3.8, 4) is 0 Å². The number of thiophene rings is 2. The van der Waals surface area contributed by atoms with Crippen molar-refractivity contribution >= 4 is 56.1 Å². The summed E-state index contributed by atoms with van der Waals surface area (Å²) in [5.74, 6) is 0.0326. The Balaban J connectivity index is 2.05. The van der Waals surface area contributed by atoms with Gasteiger partial charge in [0.1, 0.15) is 0 Å². The molecule has 0 spiro atoms. The van der Waals surface area contributed by atoms with Crippen LogP contribution in [0.4, 0.5) is 0 Å². The maximum Gasteiger partial charge on any atom is 0.264 e. The number of carbonyl (C=O) groups is 1. The molecule has 90 valence electrons. The molecule has 0 aliphatic carbocycles. The first-order chi connectivity index (χ1) is 8.06. The Morgan fingerprint density at radius 1 is 1.35 bits per heavy atom. The second-order valence-electron chi connectivity index (χ2n) is 3.47. The molecule has 2 aromatic heterocycles. The van der Waals surface area contributed by atoms with E-state index in [2.05, 4.69) is 15.9 Å². The van der Waals surface area contributed by atoms with Crippen molar-refractivity contribution in [2.45, 2.75) is 6.54 Å². The van der Waals surface area contributed by atoms with Crippen LogP contribution in [0.1, 0.15) is 14.5 Å². The molecule has 0 N–H and O–H groups in total. The van der Waals surface area contributed by atoms with Crippen LogP contribution in [0.3, 0.4) is 0 Å². The summed E-state index contributed by atoms with van der Waals surface area (Å²) < 4.78 is 1.72. The fourth-order valence-corrected chi connectivity index (χ4v) is 3.88. The lowest BCUT2D eigenvalue weighted by Gasteiger charge is -2.14. The summed E-state index contributed by atoms with van der Waals surface area (Å²) in [4.78, 5) is 15.6. The van der Waals surface area contributed by atoms with Gasteiger partial charge < -0.3 is 4.90 Å². The third kappa shape index (κ3) is 3.31. The number of hydrogen-bond donors (Lipinski definition) is 0. The lowest BCUT2D eigenvalue weighted by Crippen LogP contribution is -2.24. The van der Waals surface area contributed by atoms with Gasteiger partial charge in [-0.3, -0.25) is 4.79 Å². The monoisotopic (exact) mass is 349 g/mol. The maximum atomic E-state index is 12.1. The highest BCUT2D eigenvalue weighted by Crippen LogP contribution is 2.25. The van der Waals surface area contributed by atoms with Crippen molar-refractivity contribution in [2.24, 2.45) is 0 Å². The molecular weight excluding hydrogens is 342 g/mol. The van der Waals surface area contributed by atoms with Gasteiger partial charge in [-0.1, -0.05) is 11.6 Å². The molecule has 17 heavy (non-hydrogen) atoms. The third-order valence-electron chi connectivity index (χ3n) is 2.15. The first-order valence-electron chi connectivity index (χ1n) is 4.81. The van der Waals surface area contributed by atoms with Crippen molar-refractivity contribution in [3.05, 3.63) is 42.1 Å². The molecule has 2 rings (SSSR count). The number of nitrogens with zero attached hydrogens (tertiary/aromatic N) is 1. The van der Waals surface area contributed by atoms with E-state index < -0.39 is 0 Å². The highest BCUT2D eigenvalue weighted by molar-refractivity contribution is 9.11. The van der Waals surface area contributed by atoms with Gasteiger partial charge in [-0.2, -0.15) is 0 Å². The Morgan fingerprint density at radius 3 is 2.65 bits per heavy atom. The number of halogens is 2. The summed E-state index contributed by atoms with van der Waals surface area (Å²) in [7, 11) is 1.80. The fourth-order valence-electron chi connectivity index (χ4n) is 1.36. The van der Waals surface area contributed by atoms with Crippen molar-refractivity contribution in [3.63, 3.8) is 0 Å². The molecule has 2 aromatic rings. The van der Waals surface area contributed by atoms with E-state index in [1.807, 2.05) is 24.3 Å². The Bertz CT molecular complexity index is 537. The minimum absolute atomic E-state index is 0.0326. The Hall–Kier alpha value is -0.360. The SMILES string of the molecule is CN(Cc1ccc(Cl)s1)C(=O)c1ccc(Br)s1. The van der Waals surface area contributed by atoms with E-state index in [1.54, 1.807) is 11.9 Å². The van der Waals surface area contributed by atoms with Crippen molar-refractivity contribution in [1.29, 1.82) is 0 Å². The van der Waals surface area contributed by atoms with Gasteiger partial charge in [-0.25, -0.2) is 0 Å². The zero-order valence-corrected chi connectivity index (χ0v) is 12.9. The van der Waals surface area contributed by atoms with Gasteiger partial charge in [0.05, 0.1) is 19.5 Å². The van der Waals surface area contributed by atoms with Crippen LogP contribution in [0, 0.1) is 0 Å². The first kappa shape index (κ1) is 13.1. The summed E-state index contributed by atoms with van der Waals surface area (Å²) in [6.45, 7) is 0.589. The molecule has 0 radical (unpaired) electrons. The molecule has 2 nitrogen and oxygen atoms in total. The minimum atomic E-state index is 0.0326. The zero-order chi connectivity index (χ0) is 12.4. The maximum absolute atomic E-state index is 12.1. The smallest absolute Gasteiger partial charge is 0.264 e. The van der Waals surface area contributed by atoms with Crippen molar-refractivity contribution in [2.75, 3.05) is 7.05 Å². The Labute approximate surface area is 121 Å². The van der Waals surface area contributed by atoms with E-state index in [4.69, 9.17) is 11.6 Å². The van der Waals surface area contributed by atoms with Gasteiger partial charge in [0.25, 0.3) is 5.91 Å². The minimum Gasteiger partial charge on any atom is -0.336 e. The lowest BCUT2D eigenvalue weighted by atomic mass is 10.4. The molecule has 0 saturated carbocycles. The second-order valence-corrected chi connectivity index (χ2v) is 7.73.